The van der Waals surface area contributed by atoms with E-state index in [0.717, 1.165) is 22.9 Å². The van der Waals surface area contributed by atoms with Crippen LogP contribution in [0.15, 0.2) is 54.6 Å². The number of phenolic OH excluding ortho intramolecular Hbond substituents is 1. The maximum absolute atomic E-state index is 12.4. The van der Waals surface area contributed by atoms with Crippen molar-refractivity contribution in [2.24, 2.45) is 0 Å². The summed E-state index contributed by atoms with van der Waals surface area (Å²) < 4.78 is -0.949. The van der Waals surface area contributed by atoms with Crippen molar-refractivity contribution in [1.29, 1.82) is 0 Å². The fourth-order valence-electron chi connectivity index (χ4n) is 2.44. The second kappa shape index (κ2) is 5.26. The standard InChI is InChI=1S/C16H13NO3S/c18-13-8-6-11(7-9-13)10-16(12-4-2-1-3-5-12)14(19)17-15(20)21-16/h1-9,18H,10H2,(H,17,19,20). The van der Waals surface area contributed by atoms with E-state index in [1.165, 1.54) is 0 Å². The smallest absolute Gasteiger partial charge is 0.287 e. The van der Waals surface area contributed by atoms with Crippen LogP contribution >= 0.6 is 11.8 Å². The number of amides is 2. The molecule has 1 atom stereocenters. The van der Waals surface area contributed by atoms with Gasteiger partial charge in [0.05, 0.1) is 0 Å². The Morgan fingerprint density at radius 1 is 1.00 bits per heavy atom. The Labute approximate surface area is 126 Å². The van der Waals surface area contributed by atoms with Crippen LogP contribution in [0.1, 0.15) is 11.1 Å². The van der Waals surface area contributed by atoms with Crippen LogP contribution in [-0.4, -0.2) is 16.3 Å². The van der Waals surface area contributed by atoms with Gasteiger partial charge in [-0.25, -0.2) is 0 Å². The van der Waals surface area contributed by atoms with E-state index < -0.39 is 4.75 Å². The van der Waals surface area contributed by atoms with E-state index in [4.69, 9.17) is 0 Å². The van der Waals surface area contributed by atoms with Crippen LogP contribution in [0.4, 0.5) is 4.79 Å². The normalized spacial score (nSPS) is 21.3. The summed E-state index contributed by atoms with van der Waals surface area (Å²) in [4.78, 5) is 24.1. The molecule has 1 unspecified atom stereocenters. The lowest BCUT2D eigenvalue weighted by atomic mass is 9.90. The number of carbonyl (C=O) groups is 2. The summed E-state index contributed by atoms with van der Waals surface area (Å²) in [6, 6.07) is 16.0. The third-order valence-corrected chi connectivity index (χ3v) is 4.68. The summed E-state index contributed by atoms with van der Waals surface area (Å²) in [6.45, 7) is 0. The largest absolute Gasteiger partial charge is 0.508 e. The summed E-state index contributed by atoms with van der Waals surface area (Å²) in [6.07, 6.45) is 0.388. The quantitative estimate of drug-likeness (QED) is 0.914. The fourth-order valence-corrected chi connectivity index (χ4v) is 3.54. The zero-order valence-corrected chi connectivity index (χ0v) is 11.9. The molecule has 1 aliphatic rings. The highest BCUT2D eigenvalue weighted by Gasteiger charge is 2.49. The van der Waals surface area contributed by atoms with Crippen LogP contribution in [0.2, 0.25) is 0 Å². The number of phenols is 1. The van der Waals surface area contributed by atoms with Crippen LogP contribution in [0.3, 0.4) is 0 Å². The van der Waals surface area contributed by atoms with E-state index in [0.29, 0.717) is 6.42 Å². The van der Waals surface area contributed by atoms with Crippen molar-refractivity contribution in [2.75, 3.05) is 0 Å². The van der Waals surface area contributed by atoms with Crippen LogP contribution in [0.25, 0.3) is 0 Å². The average molecular weight is 299 g/mol. The summed E-state index contributed by atoms with van der Waals surface area (Å²) in [5.41, 5.74) is 1.68. The summed E-state index contributed by atoms with van der Waals surface area (Å²) in [5.74, 6) is -0.121. The van der Waals surface area contributed by atoms with Gasteiger partial charge < -0.3 is 5.11 Å². The highest BCUT2D eigenvalue weighted by Crippen LogP contribution is 2.44. The van der Waals surface area contributed by atoms with Gasteiger partial charge in [-0.05, 0) is 35.0 Å². The van der Waals surface area contributed by atoms with Gasteiger partial charge in [-0.3, -0.25) is 14.9 Å². The van der Waals surface area contributed by atoms with E-state index >= 15 is 0 Å². The third-order valence-electron chi connectivity index (χ3n) is 3.48. The first-order valence-corrected chi connectivity index (χ1v) is 7.30. The lowest BCUT2D eigenvalue weighted by Gasteiger charge is -2.24. The van der Waals surface area contributed by atoms with Crippen molar-refractivity contribution in [3.8, 4) is 5.75 Å². The highest BCUT2D eigenvalue weighted by atomic mass is 32.2. The number of nitrogens with one attached hydrogen (secondary N) is 1. The van der Waals surface area contributed by atoms with Crippen molar-refractivity contribution < 1.29 is 14.7 Å². The molecule has 1 heterocycles. The number of hydrogen-bond donors (Lipinski definition) is 2. The van der Waals surface area contributed by atoms with Crippen molar-refractivity contribution >= 4 is 22.9 Å². The highest BCUT2D eigenvalue weighted by molar-refractivity contribution is 8.15. The summed E-state index contributed by atoms with van der Waals surface area (Å²) >= 11 is 1.01. The Hall–Kier alpha value is -2.27. The Bertz CT molecular complexity index is 684. The Morgan fingerprint density at radius 3 is 2.24 bits per heavy atom. The molecule has 1 fully saturated rings. The molecular formula is C16H13NO3S. The first-order chi connectivity index (χ1) is 10.1. The van der Waals surface area contributed by atoms with Crippen molar-refractivity contribution in [3.63, 3.8) is 0 Å². The molecule has 3 rings (SSSR count). The van der Waals surface area contributed by atoms with Gasteiger partial charge in [-0.2, -0.15) is 0 Å². The van der Waals surface area contributed by atoms with Crippen LogP contribution in [0.5, 0.6) is 5.75 Å². The molecule has 2 amide bonds. The average Bonchev–Trinajstić information content (AvgIpc) is 2.77. The molecule has 2 N–H and O–H groups in total. The summed E-state index contributed by atoms with van der Waals surface area (Å²) in [5, 5.41) is 11.4. The number of carbonyl (C=O) groups excluding carboxylic acids is 2. The van der Waals surface area contributed by atoms with Crippen molar-refractivity contribution in [1.82, 2.24) is 5.32 Å². The Balaban J connectivity index is 2.03. The van der Waals surface area contributed by atoms with Gasteiger partial charge in [0.25, 0.3) is 5.24 Å². The molecule has 0 saturated carbocycles. The first-order valence-electron chi connectivity index (χ1n) is 6.48. The molecule has 21 heavy (non-hydrogen) atoms. The molecule has 1 aliphatic heterocycles. The fraction of sp³-hybridized carbons (Fsp3) is 0.125. The molecular weight excluding hydrogens is 286 g/mol. The number of thioether (sulfide) groups is 1. The topological polar surface area (TPSA) is 66.4 Å². The van der Waals surface area contributed by atoms with Crippen molar-refractivity contribution in [2.45, 2.75) is 11.2 Å². The maximum Gasteiger partial charge on any atom is 0.287 e. The second-order valence-corrected chi connectivity index (χ2v) is 6.15. The molecule has 1 saturated heterocycles. The molecule has 5 heteroatoms. The second-order valence-electron chi connectivity index (χ2n) is 4.88. The van der Waals surface area contributed by atoms with E-state index in [1.54, 1.807) is 24.3 Å². The van der Waals surface area contributed by atoms with Gasteiger partial charge in [0.15, 0.2) is 0 Å². The number of benzene rings is 2. The van der Waals surface area contributed by atoms with Crippen LogP contribution in [-0.2, 0) is 16.0 Å². The molecule has 0 radical (unpaired) electrons. The molecule has 0 bridgehead atoms. The minimum atomic E-state index is -0.949. The number of aromatic hydroxyl groups is 1. The Morgan fingerprint density at radius 2 is 1.67 bits per heavy atom. The van der Waals surface area contributed by atoms with Gasteiger partial charge in [-0.1, -0.05) is 42.5 Å². The Kier molecular flexibility index (Phi) is 3.43. The van der Waals surface area contributed by atoms with Gasteiger partial charge in [0.1, 0.15) is 10.5 Å². The van der Waals surface area contributed by atoms with E-state index in [-0.39, 0.29) is 16.9 Å². The predicted octanol–water partition coefficient (Wildman–Crippen LogP) is 2.81. The SMILES string of the molecule is O=C1NC(=O)C(Cc2ccc(O)cc2)(c2ccccc2)S1. The van der Waals surface area contributed by atoms with E-state index in [9.17, 15) is 14.7 Å². The van der Waals surface area contributed by atoms with Gasteiger partial charge in [0, 0.05) is 6.42 Å². The van der Waals surface area contributed by atoms with E-state index in [2.05, 4.69) is 5.32 Å². The number of hydrogen-bond acceptors (Lipinski definition) is 4. The van der Waals surface area contributed by atoms with Crippen molar-refractivity contribution in [3.05, 3.63) is 65.7 Å². The zero-order valence-electron chi connectivity index (χ0n) is 11.1. The minimum Gasteiger partial charge on any atom is -0.508 e. The molecule has 0 spiro atoms. The van der Waals surface area contributed by atoms with Gasteiger partial charge in [0.2, 0.25) is 5.91 Å². The van der Waals surface area contributed by atoms with Gasteiger partial charge in [-0.15, -0.1) is 0 Å². The monoisotopic (exact) mass is 299 g/mol. The lowest BCUT2D eigenvalue weighted by Crippen LogP contribution is -2.36. The summed E-state index contributed by atoms with van der Waals surface area (Å²) in [7, 11) is 0. The molecule has 2 aromatic rings. The number of rotatable bonds is 3. The number of imide groups is 1. The molecule has 0 aromatic heterocycles. The van der Waals surface area contributed by atoms with Crippen LogP contribution < -0.4 is 5.32 Å². The maximum atomic E-state index is 12.4. The zero-order chi connectivity index (χ0) is 14.9. The van der Waals surface area contributed by atoms with Crippen LogP contribution in [0, 0.1) is 0 Å². The lowest BCUT2D eigenvalue weighted by molar-refractivity contribution is -0.121. The van der Waals surface area contributed by atoms with Gasteiger partial charge >= 0.3 is 0 Å². The molecule has 4 nitrogen and oxygen atoms in total. The predicted molar refractivity (Wildman–Crippen MR) is 81.1 cm³/mol. The third kappa shape index (κ3) is 2.52. The minimum absolute atomic E-state index is 0.173. The molecule has 2 aromatic carbocycles. The molecule has 0 aliphatic carbocycles. The van der Waals surface area contributed by atoms with E-state index in [1.807, 2.05) is 30.3 Å². The first kappa shape index (κ1) is 13.7. The molecule has 106 valence electrons.